The Kier molecular flexibility index (Phi) is 6.21. The van der Waals surface area contributed by atoms with Crippen LogP contribution in [-0.4, -0.2) is 13.1 Å². The largest absolute Gasteiger partial charge is 0.487 e. The van der Waals surface area contributed by atoms with E-state index in [0.29, 0.717) is 17.4 Å². The summed E-state index contributed by atoms with van der Waals surface area (Å²) in [6, 6.07) is 13.1. The third-order valence-corrected chi connectivity index (χ3v) is 4.06. The molecule has 2 aromatic carbocycles. The van der Waals surface area contributed by atoms with Crippen molar-refractivity contribution in [2.24, 2.45) is 0 Å². The maximum absolute atomic E-state index is 11.6. The summed E-state index contributed by atoms with van der Waals surface area (Å²) in [6.45, 7) is 4.20. The van der Waals surface area contributed by atoms with E-state index in [0.717, 1.165) is 22.3 Å². The van der Waals surface area contributed by atoms with Gasteiger partial charge in [-0.15, -0.1) is 0 Å². The Labute approximate surface area is 152 Å². The molecule has 0 aliphatic rings. The Morgan fingerprint density at radius 2 is 2.00 bits per heavy atom. The summed E-state index contributed by atoms with van der Waals surface area (Å²) in [4.78, 5) is 11.6. The lowest BCUT2D eigenvalue weighted by Crippen LogP contribution is -2.04. The molecule has 0 saturated heterocycles. The van der Waals surface area contributed by atoms with Gasteiger partial charge in [0.25, 0.3) is 0 Å². The summed E-state index contributed by atoms with van der Waals surface area (Å²) in [7, 11) is 1.25. The standard InChI is InChI=1S/C20H18ClNO3/c1-13-8-15(10-16(11-22)20(23)24-3)14(2)17(9-13)12-25-19-7-5-4-6-18(19)21/h4-10H,12H2,1-3H3/b16-10+. The smallest absolute Gasteiger partial charge is 0.348 e. The Bertz CT molecular complexity index is 866. The SMILES string of the molecule is COC(=O)/C(C#N)=C/c1cc(C)cc(COc2ccccc2Cl)c1C. The molecular weight excluding hydrogens is 338 g/mol. The van der Waals surface area contributed by atoms with Gasteiger partial charge in [0.15, 0.2) is 0 Å². The number of rotatable bonds is 5. The molecule has 0 atom stereocenters. The maximum Gasteiger partial charge on any atom is 0.348 e. The van der Waals surface area contributed by atoms with Crippen LogP contribution in [0.5, 0.6) is 5.75 Å². The minimum atomic E-state index is -0.655. The van der Waals surface area contributed by atoms with Crippen molar-refractivity contribution in [1.29, 1.82) is 5.26 Å². The maximum atomic E-state index is 11.6. The molecule has 2 aromatic rings. The normalized spacial score (nSPS) is 10.9. The van der Waals surface area contributed by atoms with Crippen molar-refractivity contribution in [2.45, 2.75) is 20.5 Å². The van der Waals surface area contributed by atoms with E-state index in [1.807, 2.05) is 44.2 Å². The van der Waals surface area contributed by atoms with Gasteiger partial charge >= 0.3 is 5.97 Å². The molecule has 4 nitrogen and oxygen atoms in total. The van der Waals surface area contributed by atoms with Gasteiger partial charge in [-0.1, -0.05) is 41.4 Å². The average Bonchev–Trinajstić information content (AvgIpc) is 2.61. The van der Waals surface area contributed by atoms with Crippen molar-refractivity contribution in [2.75, 3.05) is 7.11 Å². The third kappa shape index (κ3) is 4.62. The number of hydrogen-bond acceptors (Lipinski definition) is 4. The molecule has 0 fully saturated rings. The fourth-order valence-corrected chi connectivity index (χ4v) is 2.57. The molecule has 0 bridgehead atoms. The van der Waals surface area contributed by atoms with Crippen molar-refractivity contribution in [3.8, 4) is 11.8 Å². The summed E-state index contributed by atoms with van der Waals surface area (Å²) in [6.07, 6.45) is 1.53. The van der Waals surface area contributed by atoms with Crippen LogP contribution in [0.2, 0.25) is 5.02 Å². The molecule has 0 amide bonds. The van der Waals surface area contributed by atoms with E-state index in [-0.39, 0.29) is 5.57 Å². The van der Waals surface area contributed by atoms with Crippen molar-refractivity contribution in [3.05, 3.63) is 69.2 Å². The number of nitriles is 1. The highest BCUT2D eigenvalue weighted by molar-refractivity contribution is 6.32. The second kappa shape index (κ2) is 8.36. The third-order valence-electron chi connectivity index (χ3n) is 3.75. The lowest BCUT2D eigenvalue weighted by molar-refractivity contribution is -0.135. The molecule has 0 aromatic heterocycles. The van der Waals surface area contributed by atoms with Gasteiger partial charge in [-0.2, -0.15) is 5.26 Å². The average molecular weight is 356 g/mol. The van der Waals surface area contributed by atoms with Crippen LogP contribution in [0.1, 0.15) is 22.3 Å². The van der Waals surface area contributed by atoms with Crippen molar-refractivity contribution in [3.63, 3.8) is 0 Å². The van der Waals surface area contributed by atoms with Crippen LogP contribution in [0.3, 0.4) is 0 Å². The molecule has 128 valence electrons. The zero-order valence-corrected chi connectivity index (χ0v) is 15.1. The molecular formula is C20H18ClNO3. The molecule has 0 heterocycles. The van der Waals surface area contributed by atoms with Gasteiger partial charge in [0.05, 0.1) is 12.1 Å². The minimum Gasteiger partial charge on any atom is -0.487 e. The molecule has 25 heavy (non-hydrogen) atoms. The molecule has 0 spiro atoms. The fraction of sp³-hybridized carbons (Fsp3) is 0.200. The first-order chi connectivity index (χ1) is 12.0. The number of carbonyl (C=O) groups excluding carboxylic acids is 1. The number of methoxy groups -OCH3 is 1. The highest BCUT2D eigenvalue weighted by atomic mass is 35.5. The number of hydrogen-bond donors (Lipinski definition) is 0. The highest BCUT2D eigenvalue weighted by Gasteiger charge is 2.12. The molecule has 0 saturated carbocycles. The number of carbonyl (C=O) groups is 1. The fourth-order valence-electron chi connectivity index (χ4n) is 2.38. The van der Waals surface area contributed by atoms with Gasteiger partial charge in [0.1, 0.15) is 24.0 Å². The van der Waals surface area contributed by atoms with E-state index in [1.165, 1.54) is 13.2 Å². The number of aryl methyl sites for hydroxylation is 1. The molecule has 0 aliphatic carbocycles. The van der Waals surface area contributed by atoms with Crippen LogP contribution in [0.4, 0.5) is 0 Å². The first kappa shape index (κ1) is 18.6. The monoisotopic (exact) mass is 355 g/mol. The number of benzene rings is 2. The summed E-state index contributed by atoms with van der Waals surface area (Å²) < 4.78 is 10.4. The summed E-state index contributed by atoms with van der Waals surface area (Å²) in [5.74, 6) is -0.0493. The van der Waals surface area contributed by atoms with Gasteiger partial charge in [-0.05, 0) is 48.7 Å². The van der Waals surface area contributed by atoms with E-state index in [2.05, 4.69) is 4.74 Å². The number of nitrogens with zero attached hydrogens (tertiary/aromatic N) is 1. The van der Waals surface area contributed by atoms with Gasteiger partial charge in [0, 0.05) is 0 Å². The molecule has 0 radical (unpaired) electrons. The molecule has 5 heteroatoms. The molecule has 0 aliphatic heterocycles. The van der Waals surface area contributed by atoms with E-state index in [9.17, 15) is 4.79 Å². The Balaban J connectivity index is 2.34. The first-order valence-electron chi connectivity index (χ1n) is 7.63. The molecule has 0 N–H and O–H groups in total. The predicted octanol–water partition coefficient (Wildman–Crippen LogP) is 4.62. The van der Waals surface area contributed by atoms with Crippen LogP contribution < -0.4 is 4.74 Å². The van der Waals surface area contributed by atoms with Crippen LogP contribution in [-0.2, 0) is 16.1 Å². The van der Waals surface area contributed by atoms with Crippen molar-refractivity contribution < 1.29 is 14.3 Å². The quantitative estimate of drug-likeness (QED) is 0.446. The van der Waals surface area contributed by atoms with Crippen LogP contribution in [0.25, 0.3) is 6.08 Å². The lowest BCUT2D eigenvalue weighted by atomic mass is 9.98. The molecule has 0 unspecified atom stereocenters. The van der Waals surface area contributed by atoms with E-state index < -0.39 is 5.97 Å². The second-order valence-corrected chi connectivity index (χ2v) is 5.93. The summed E-state index contributed by atoms with van der Waals surface area (Å²) in [5, 5.41) is 9.69. The van der Waals surface area contributed by atoms with E-state index in [4.69, 9.17) is 21.6 Å². The number of ether oxygens (including phenoxy) is 2. The summed E-state index contributed by atoms with van der Waals surface area (Å²) in [5.41, 5.74) is 3.60. The second-order valence-electron chi connectivity index (χ2n) is 5.52. The topological polar surface area (TPSA) is 59.3 Å². The van der Waals surface area contributed by atoms with Crippen LogP contribution in [0, 0.1) is 25.2 Å². The zero-order chi connectivity index (χ0) is 18.4. The first-order valence-corrected chi connectivity index (χ1v) is 8.01. The van der Waals surface area contributed by atoms with Gasteiger partial charge < -0.3 is 9.47 Å². The van der Waals surface area contributed by atoms with E-state index in [1.54, 1.807) is 12.1 Å². The van der Waals surface area contributed by atoms with E-state index >= 15 is 0 Å². The lowest BCUT2D eigenvalue weighted by Gasteiger charge is -2.13. The zero-order valence-electron chi connectivity index (χ0n) is 14.3. The van der Waals surface area contributed by atoms with Gasteiger partial charge in [0.2, 0.25) is 0 Å². The Morgan fingerprint density at radius 1 is 1.28 bits per heavy atom. The number of halogens is 1. The van der Waals surface area contributed by atoms with Gasteiger partial charge in [-0.3, -0.25) is 0 Å². The van der Waals surface area contributed by atoms with Crippen molar-refractivity contribution >= 4 is 23.6 Å². The highest BCUT2D eigenvalue weighted by Crippen LogP contribution is 2.26. The van der Waals surface area contributed by atoms with Crippen molar-refractivity contribution in [1.82, 2.24) is 0 Å². The molecule has 2 rings (SSSR count). The predicted molar refractivity (Wildman–Crippen MR) is 97.3 cm³/mol. The minimum absolute atomic E-state index is 0.0471. The van der Waals surface area contributed by atoms with Crippen LogP contribution >= 0.6 is 11.6 Å². The number of esters is 1. The Morgan fingerprint density at radius 3 is 2.64 bits per heavy atom. The summed E-state index contributed by atoms with van der Waals surface area (Å²) >= 11 is 6.11. The Hall–Kier alpha value is -2.77. The van der Waals surface area contributed by atoms with Crippen LogP contribution in [0.15, 0.2) is 42.0 Å². The van der Waals surface area contributed by atoms with Gasteiger partial charge in [-0.25, -0.2) is 4.79 Å². The number of para-hydroxylation sites is 1.